The summed E-state index contributed by atoms with van der Waals surface area (Å²) in [7, 11) is 0. The number of carbonyl (C=O) groups is 1. The number of amidine groups is 1. The van der Waals surface area contributed by atoms with Crippen molar-refractivity contribution in [2.45, 2.75) is 34.1 Å². The molecule has 0 saturated carbocycles. The molecule has 0 aliphatic carbocycles. The Morgan fingerprint density at radius 1 is 1.24 bits per heavy atom. The summed E-state index contributed by atoms with van der Waals surface area (Å²) in [5.74, 6) is 1.01. The maximum Gasteiger partial charge on any atom is 0.411 e. The van der Waals surface area contributed by atoms with Crippen LogP contribution in [-0.2, 0) is 4.74 Å². The number of nitrogens with zero attached hydrogens (tertiary/aromatic N) is 2. The van der Waals surface area contributed by atoms with Crippen LogP contribution in [0.5, 0.6) is 0 Å². The van der Waals surface area contributed by atoms with E-state index in [0.29, 0.717) is 6.61 Å². The molecule has 0 aromatic heterocycles. The van der Waals surface area contributed by atoms with Crippen LogP contribution in [0.3, 0.4) is 0 Å². The number of hydrogen-bond donors (Lipinski definition) is 1. The van der Waals surface area contributed by atoms with Crippen LogP contribution in [0.4, 0.5) is 16.2 Å². The Balaban J connectivity index is 2.77. The van der Waals surface area contributed by atoms with Crippen molar-refractivity contribution in [1.29, 1.82) is 0 Å². The molecule has 0 heterocycles. The number of ether oxygens (including phenoxy) is 1. The third kappa shape index (κ3) is 5.45. The van der Waals surface area contributed by atoms with Gasteiger partial charge >= 0.3 is 6.09 Å². The Kier molecular flexibility index (Phi) is 7.29. The fourth-order valence-electron chi connectivity index (χ4n) is 1.97. The van der Waals surface area contributed by atoms with Gasteiger partial charge in [-0.2, -0.15) is 0 Å². The summed E-state index contributed by atoms with van der Waals surface area (Å²) in [6.45, 7) is 10.1. The quantitative estimate of drug-likeness (QED) is 0.638. The van der Waals surface area contributed by atoms with Gasteiger partial charge in [0.05, 0.1) is 6.61 Å². The Labute approximate surface area is 127 Å². The monoisotopic (exact) mass is 291 g/mol. The SMILES string of the molecule is CCCN=C(C)N(CC)c1ccc(NC(=O)OCC)cc1. The number of nitrogens with one attached hydrogen (secondary N) is 1. The lowest BCUT2D eigenvalue weighted by Gasteiger charge is -2.23. The van der Waals surface area contributed by atoms with E-state index in [1.807, 2.05) is 31.2 Å². The first-order valence-electron chi connectivity index (χ1n) is 7.44. The second kappa shape index (κ2) is 9.00. The van der Waals surface area contributed by atoms with Gasteiger partial charge in [0.1, 0.15) is 5.84 Å². The van der Waals surface area contributed by atoms with E-state index < -0.39 is 6.09 Å². The van der Waals surface area contributed by atoms with Gasteiger partial charge in [0.15, 0.2) is 0 Å². The highest BCUT2D eigenvalue weighted by Gasteiger charge is 2.08. The lowest BCUT2D eigenvalue weighted by molar-refractivity contribution is 0.168. The fourth-order valence-corrected chi connectivity index (χ4v) is 1.97. The van der Waals surface area contributed by atoms with Crippen LogP contribution in [0.15, 0.2) is 29.3 Å². The predicted octanol–water partition coefficient (Wildman–Crippen LogP) is 3.91. The maximum absolute atomic E-state index is 11.4. The number of benzene rings is 1. The Hall–Kier alpha value is -2.04. The van der Waals surface area contributed by atoms with Crippen molar-refractivity contribution in [3.63, 3.8) is 0 Å². The Morgan fingerprint density at radius 2 is 1.90 bits per heavy atom. The molecule has 0 saturated heterocycles. The first-order valence-corrected chi connectivity index (χ1v) is 7.44. The van der Waals surface area contributed by atoms with Crippen LogP contribution < -0.4 is 10.2 Å². The van der Waals surface area contributed by atoms with Gasteiger partial charge in [0, 0.05) is 24.5 Å². The van der Waals surface area contributed by atoms with Gasteiger partial charge in [0.25, 0.3) is 0 Å². The van der Waals surface area contributed by atoms with Gasteiger partial charge in [-0.25, -0.2) is 4.79 Å². The minimum atomic E-state index is -0.432. The molecular formula is C16H25N3O2. The van der Waals surface area contributed by atoms with Crippen LogP contribution in [0.1, 0.15) is 34.1 Å². The first-order chi connectivity index (χ1) is 10.1. The van der Waals surface area contributed by atoms with Crippen LogP contribution in [0.25, 0.3) is 0 Å². The Bertz CT molecular complexity index is 469. The molecule has 0 atom stereocenters. The molecule has 0 radical (unpaired) electrons. The van der Waals surface area contributed by atoms with Crippen LogP contribution >= 0.6 is 0 Å². The average Bonchev–Trinajstić information content (AvgIpc) is 2.48. The second-order valence-electron chi connectivity index (χ2n) is 4.57. The van der Waals surface area contributed by atoms with Gasteiger partial charge in [0.2, 0.25) is 0 Å². The summed E-state index contributed by atoms with van der Waals surface area (Å²) in [5.41, 5.74) is 1.78. The summed E-state index contributed by atoms with van der Waals surface area (Å²) in [6, 6.07) is 7.66. The van der Waals surface area contributed by atoms with Crippen LogP contribution in [0, 0.1) is 0 Å². The lowest BCUT2D eigenvalue weighted by Crippen LogP contribution is -2.28. The van der Waals surface area contributed by atoms with Gasteiger partial charge in [-0.3, -0.25) is 10.3 Å². The van der Waals surface area contributed by atoms with E-state index in [2.05, 4.69) is 29.1 Å². The minimum absolute atomic E-state index is 0.362. The summed E-state index contributed by atoms with van der Waals surface area (Å²) < 4.78 is 4.85. The fraction of sp³-hybridized carbons (Fsp3) is 0.500. The zero-order valence-electron chi connectivity index (χ0n) is 13.3. The van der Waals surface area contributed by atoms with Crippen molar-refractivity contribution in [3.8, 4) is 0 Å². The minimum Gasteiger partial charge on any atom is -0.450 e. The van der Waals surface area contributed by atoms with E-state index in [1.54, 1.807) is 6.92 Å². The van der Waals surface area contributed by atoms with E-state index in [4.69, 9.17) is 4.74 Å². The van der Waals surface area contributed by atoms with Crippen molar-refractivity contribution >= 4 is 23.3 Å². The van der Waals surface area contributed by atoms with Gasteiger partial charge in [-0.1, -0.05) is 6.92 Å². The largest absolute Gasteiger partial charge is 0.450 e. The average molecular weight is 291 g/mol. The number of aliphatic imine (C=N–C) groups is 1. The molecule has 0 bridgehead atoms. The zero-order valence-corrected chi connectivity index (χ0v) is 13.3. The summed E-state index contributed by atoms with van der Waals surface area (Å²) in [6.07, 6.45) is 0.607. The van der Waals surface area contributed by atoms with Crippen molar-refractivity contribution in [3.05, 3.63) is 24.3 Å². The number of anilines is 2. The number of amides is 1. The predicted molar refractivity (Wildman–Crippen MR) is 88.4 cm³/mol. The molecular weight excluding hydrogens is 266 g/mol. The molecule has 1 N–H and O–H groups in total. The molecule has 0 aliphatic heterocycles. The maximum atomic E-state index is 11.4. The zero-order chi connectivity index (χ0) is 15.7. The summed E-state index contributed by atoms with van der Waals surface area (Å²) >= 11 is 0. The highest BCUT2D eigenvalue weighted by atomic mass is 16.5. The van der Waals surface area contributed by atoms with Crippen LogP contribution in [-0.4, -0.2) is 31.6 Å². The second-order valence-corrected chi connectivity index (χ2v) is 4.57. The molecule has 1 rings (SSSR count). The van der Waals surface area contributed by atoms with Gasteiger partial charge < -0.3 is 9.64 Å². The number of hydrogen-bond acceptors (Lipinski definition) is 3. The highest BCUT2D eigenvalue weighted by molar-refractivity contribution is 5.96. The van der Waals surface area contributed by atoms with Crippen molar-refractivity contribution in [1.82, 2.24) is 0 Å². The van der Waals surface area contributed by atoms with Gasteiger partial charge in [-0.15, -0.1) is 0 Å². The molecule has 21 heavy (non-hydrogen) atoms. The molecule has 116 valence electrons. The van der Waals surface area contributed by atoms with E-state index in [9.17, 15) is 4.79 Å². The molecule has 1 amide bonds. The topological polar surface area (TPSA) is 53.9 Å². The van der Waals surface area contributed by atoms with Crippen molar-refractivity contribution in [2.24, 2.45) is 4.99 Å². The first kappa shape index (κ1) is 17.0. The molecule has 0 fully saturated rings. The van der Waals surface area contributed by atoms with E-state index in [0.717, 1.165) is 36.7 Å². The highest BCUT2D eigenvalue weighted by Crippen LogP contribution is 2.18. The molecule has 0 spiro atoms. The third-order valence-corrected chi connectivity index (χ3v) is 2.97. The van der Waals surface area contributed by atoms with Gasteiger partial charge in [-0.05, 0) is 51.5 Å². The summed E-state index contributed by atoms with van der Waals surface area (Å²) in [5, 5.41) is 2.68. The normalized spacial score (nSPS) is 11.1. The van der Waals surface area contributed by atoms with Crippen molar-refractivity contribution < 1.29 is 9.53 Å². The Morgan fingerprint density at radius 3 is 2.43 bits per heavy atom. The number of carbonyl (C=O) groups excluding carboxylic acids is 1. The van der Waals surface area contributed by atoms with Crippen LogP contribution in [0.2, 0.25) is 0 Å². The third-order valence-electron chi connectivity index (χ3n) is 2.97. The molecule has 0 unspecified atom stereocenters. The molecule has 0 aliphatic rings. The molecule has 1 aromatic rings. The standard InChI is InChI=1S/C16H25N3O2/c1-5-12-17-13(4)19(6-2)15-10-8-14(9-11-15)18-16(20)21-7-3/h8-11H,5-7,12H2,1-4H3,(H,18,20). The smallest absolute Gasteiger partial charge is 0.411 e. The van der Waals surface area contributed by atoms with E-state index >= 15 is 0 Å². The molecule has 1 aromatic carbocycles. The van der Waals surface area contributed by atoms with E-state index in [1.165, 1.54) is 0 Å². The van der Waals surface area contributed by atoms with E-state index in [-0.39, 0.29) is 0 Å². The van der Waals surface area contributed by atoms with Crippen molar-refractivity contribution in [2.75, 3.05) is 29.9 Å². The molecule has 5 heteroatoms. The summed E-state index contributed by atoms with van der Waals surface area (Å²) in [4.78, 5) is 18.0. The lowest BCUT2D eigenvalue weighted by atomic mass is 10.2. The molecule has 5 nitrogen and oxygen atoms in total. The number of rotatable bonds is 6.